The summed E-state index contributed by atoms with van der Waals surface area (Å²) >= 11 is 0. The highest BCUT2D eigenvalue weighted by Gasteiger charge is 2.17. The van der Waals surface area contributed by atoms with Gasteiger partial charge in [-0.1, -0.05) is 262 Å². The van der Waals surface area contributed by atoms with Crippen molar-refractivity contribution >= 4 is 5.91 Å². The Balaban J connectivity index is 3.41. The van der Waals surface area contributed by atoms with E-state index < -0.39 is 12.1 Å². The Bertz CT molecular complexity index is 897. The SMILES string of the molecule is CCCCCCCC/C=C/CC/C=C/C(O)C(CO)NC(=O)CCCCCCCCCCCCCCCCCCC/C=C\CCCCCCCCCCCCCCCC. The lowest BCUT2D eigenvalue weighted by atomic mass is 10.0. The fourth-order valence-corrected chi connectivity index (χ4v) is 8.25. The second-order valence-corrected chi connectivity index (χ2v) is 18.3. The van der Waals surface area contributed by atoms with Gasteiger partial charge in [0.2, 0.25) is 5.91 Å². The molecule has 2 unspecified atom stereocenters. The lowest BCUT2D eigenvalue weighted by Crippen LogP contribution is -2.45. The van der Waals surface area contributed by atoms with Gasteiger partial charge in [-0.25, -0.2) is 0 Å². The number of nitrogens with one attached hydrogen (secondary N) is 1. The highest BCUT2D eigenvalue weighted by Crippen LogP contribution is 2.17. The van der Waals surface area contributed by atoms with E-state index in [-0.39, 0.29) is 12.5 Å². The van der Waals surface area contributed by atoms with Crippen molar-refractivity contribution in [1.29, 1.82) is 0 Å². The Hall–Kier alpha value is -1.39. The summed E-state index contributed by atoms with van der Waals surface area (Å²) in [4.78, 5) is 12.4. The van der Waals surface area contributed by atoms with Crippen LogP contribution < -0.4 is 5.32 Å². The van der Waals surface area contributed by atoms with Crippen molar-refractivity contribution in [3.63, 3.8) is 0 Å². The van der Waals surface area contributed by atoms with E-state index in [0.29, 0.717) is 6.42 Å². The topological polar surface area (TPSA) is 69.6 Å². The third-order valence-corrected chi connectivity index (χ3v) is 12.3. The number of aliphatic hydroxyl groups is 2. The Labute approximate surface area is 370 Å². The smallest absolute Gasteiger partial charge is 0.220 e. The summed E-state index contributed by atoms with van der Waals surface area (Å²) in [5.74, 6) is -0.0715. The van der Waals surface area contributed by atoms with E-state index >= 15 is 0 Å². The van der Waals surface area contributed by atoms with Crippen LogP contribution in [-0.2, 0) is 4.79 Å². The average Bonchev–Trinajstić information content (AvgIpc) is 3.24. The molecule has 0 aliphatic heterocycles. The maximum atomic E-state index is 12.4. The third kappa shape index (κ3) is 47.5. The first-order valence-electron chi connectivity index (χ1n) is 26.7. The molecule has 2 atom stereocenters. The van der Waals surface area contributed by atoms with E-state index in [0.717, 1.165) is 32.1 Å². The number of unbranched alkanes of at least 4 members (excludes halogenated alkanes) is 38. The van der Waals surface area contributed by atoms with E-state index in [1.54, 1.807) is 6.08 Å². The van der Waals surface area contributed by atoms with Crippen LogP contribution in [0.1, 0.15) is 290 Å². The molecule has 0 aliphatic rings. The molecule has 0 spiro atoms. The first kappa shape index (κ1) is 57.6. The highest BCUT2D eigenvalue weighted by atomic mass is 16.3. The molecule has 1 amide bonds. The van der Waals surface area contributed by atoms with E-state index in [2.05, 4.69) is 43.5 Å². The molecule has 4 nitrogen and oxygen atoms in total. The van der Waals surface area contributed by atoms with Crippen LogP contribution in [0, 0.1) is 0 Å². The number of allylic oxidation sites excluding steroid dienone is 5. The minimum atomic E-state index is -0.859. The maximum absolute atomic E-state index is 12.4. The number of carbonyl (C=O) groups excluding carboxylic acids is 1. The molecule has 0 aliphatic carbocycles. The molecule has 0 rings (SSSR count). The molecule has 348 valence electrons. The zero-order valence-corrected chi connectivity index (χ0v) is 40.0. The number of hydrogen-bond donors (Lipinski definition) is 3. The molecule has 0 saturated carbocycles. The molecule has 0 fully saturated rings. The molecule has 0 radical (unpaired) electrons. The second kappa shape index (κ2) is 51.0. The van der Waals surface area contributed by atoms with Gasteiger partial charge in [-0.2, -0.15) is 0 Å². The fourth-order valence-electron chi connectivity index (χ4n) is 8.25. The quantitative estimate of drug-likeness (QED) is 0.0423. The van der Waals surface area contributed by atoms with Gasteiger partial charge in [0.1, 0.15) is 0 Å². The van der Waals surface area contributed by atoms with Gasteiger partial charge < -0.3 is 15.5 Å². The van der Waals surface area contributed by atoms with Crippen LogP contribution in [0.3, 0.4) is 0 Å². The minimum absolute atomic E-state index is 0.0715. The van der Waals surface area contributed by atoms with Crippen LogP contribution in [0.4, 0.5) is 0 Å². The highest BCUT2D eigenvalue weighted by molar-refractivity contribution is 5.76. The van der Waals surface area contributed by atoms with Gasteiger partial charge in [0, 0.05) is 6.42 Å². The van der Waals surface area contributed by atoms with Crippen LogP contribution in [0.15, 0.2) is 36.5 Å². The Morgan fingerprint density at radius 2 is 0.661 bits per heavy atom. The number of aliphatic hydroxyl groups excluding tert-OH is 2. The van der Waals surface area contributed by atoms with Crippen molar-refractivity contribution in [1.82, 2.24) is 5.32 Å². The Morgan fingerprint density at radius 3 is 0.983 bits per heavy atom. The zero-order valence-electron chi connectivity index (χ0n) is 40.0. The number of hydrogen-bond acceptors (Lipinski definition) is 3. The molecular weight excluding hydrogens is 723 g/mol. The lowest BCUT2D eigenvalue weighted by molar-refractivity contribution is -0.123. The Kier molecular flexibility index (Phi) is 49.8. The first-order valence-corrected chi connectivity index (χ1v) is 26.7. The lowest BCUT2D eigenvalue weighted by Gasteiger charge is -2.19. The van der Waals surface area contributed by atoms with Crippen LogP contribution in [0.5, 0.6) is 0 Å². The molecule has 0 aromatic rings. The summed E-state index contributed by atoms with van der Waals surface area (Å²) in [6.45, 7) is 4.30. The molecule has 0 saturated heterocycles. The fraction of sp³-hybridized carbons (Fsp3) is 0.873. The summed E-state index contributed by atoms with van der Waals surface area (Å²) in [6, 6.07) is -0.636. The number of carbonyl (C=O) groups is 1. The van der Waals surface area contributed by atoms with E-state index in [1.807, 2.05) is 6.08 Å². The van der Waals surface area contributed by atoms with Crippen LogP contribution in [0.25, 0.3) is 0 Å². The molecular formula is C55H105NO3. The predicted molar refractivity (Wildman–Crippen MR) is 262 cm³/mol. The normalized spacial score (nSPS) is 13.1. The maximum Gasteiger partial charge on any atom is 0.220 e. The monoisotopic (exact) mass is 828 g/mol. The largest absolute Gasteiger partial charge is 0.394 e. The molecule has 59 heavy (non-hydrogen) atoms. The molecule has 0 aromatic carbocycles. The summed E-state index contributed by atoms with van der Waals surface area (Å²) < 4.78 is 0. The summed E-state index contributed by atoms with van der Waals surface area (Å²) in [6.07, 6.45) is 68.9. The van der Waals surface area contributed by atoms with Gasteiger partial charge in [0.15, 0.2) is 0 Å². The van der Waals surface area contributed by atoms with E-state index in [9.17, 15) is 15.0 Å². The standard InChI is InChI=1S/C55H105NO3/c1-3-5-7-9-11-13-15-17-18-19-20-21-22-23-24-25-26-27-28-29-30-31-32-33-34-35-36-37-38-39-41-43-45-47-49-51-55(59)56-53(52-57)54(58)50-48-46-44-42-40-16-14-12-10-8-6-4-2/h25-26,40,42,48,50,53-54,57-58H,3-24,27-39,41,43-47,49,51-52H2,1-2H3,(H,56,59)/b26-25-,42-40+,50-48+. The zero-order chi connectivity index (χ0) is 42.8. The van der Waals surface area contributed by atoms with Gasteiger partial charge in [-0.05, 0) is 57.8 Å². The van der Waals surface area contributed by atoms with Gasteiger partial charge in [0.25, 0.3) is 0 Å². The van der Waals surface area contributed by atoms with Gasteiger partial charge >= 0.3 is 0 Å². The van der Waals surface area contributed by atoms with Crippen molar-refractivity contribution in [2.24, 2.45) is 0 Å². The van der Waals surface area contributed by atoms with Crippen LogP contribution in [0.2, 0.25) is 0 Å². The van der Waals surface area contributed by atoms with Gasteiger partial charge in [-0.15, -0.1) is 0 Å². The van der Waals surface area contributed by atoms with Crippen LogP contribution >= 0.6 is 0 Å². The van der Waals surface area contributed by atoms with Crippen molar-refractivity contribution < 1.29 is 15.0 Å². The molecule has 3 N–H and O–H groups in total. The van der Waals surface area contributed by atoms with E-state index in [1.165, 1.54) is 238 Å². The summed E-state index contributed by atoms with van der Waals surface area (Å²) in [7, 11) is 0. The van der Waals surface area contributed by atoms with Gasteiger partial charge in [0.05, 0.1) is 18.8 Å². The first-order chi connectivity index (χ1) is 29.2. The van der Waals surface area contributed by atoms with Crippen molar-refractivity contribution in [2.45, 2.75) is 302 Å². The van der Waals surface area contributed by atoms with Gasteiger partial charge in [-0.3, -0.25) is 4.79 Å². The van der Waals surface area contributed by atoms with Crippen molar-refractivity contribution in [3.8, 4) is 0 Å². The number of rotatable bonds is 49. The third-order valence-electron chi connectivity index (χ3n) is 12.3. The number of amides is 1. The average molecular weight is 828 g/mol. The van der Waals surface area contributed by atoms with Crippen molar-refractivity contribution in [2.75, 3.05) is 6.61 Å². The molecule has 4 heteroatoms. The second-order valence-electron chi connectivity index (χ2n) is 18.3. The molecule has 0 heterocycles. The summed E-state index contributed by atoms with van der Waals surface area (Å²) in [5, 5.41) is 23.0. The van der Waals surface area contributed by atoms with E-state index in [4.69, 9.17) is 0 Å². The minimum Gasteiger partial charge on any atom is -0.394 e. The van der Waals surface area contributed by atoms with Crippen LogP contribution in [-0.4, -0.2) is 34.9 Å². The molecule has 0 aromatic heterocycles. The predicted octanol–water partition coefficient (Wildman–Crippen LogP) is 17.3. The van der Waals surface area contributed by atoms with Crippen molar-refractivity contribution in [3.05, 3.63) is 36.5 Å². The molecule has 0 bridgehead atoms. The Morgan fingerprint density at radius 1 is 0.390 bits per heavy atom. The summed E-state index contributed by atoms with van der Waals surface area (Å²) in [5.41, 5.74) is 0.